The van der Waals surface area contributed by atoms with Gasteiger partial charge in [0.1, 0.15) is 15.5 Å². The fraction of sp³-hybridized carbons (Fsp3) is 0.150. The summed E-state index contributed by atoms with van der Waals surface area (Å²) in [5, 5.41) is 5.65. The molecule has 0 atom stereocenters. The number of rotatable bonds is 7. The van der Waals surface area contributed by atoms with Crippen LogP contribution in [0.3, 0.4) is 0 Å². The lowest BCUT2D eigenvalue weighted by Gasteiger charge is -2.19. The van der Waals surface area contributed by atoms with Crippen LogP contribution in [0.25, 0.3) is 22.2 Å². The van der Waals surface area contributed by atoms with Crippen LogP contribution in [-0.4, -0.2) is 37.2 Å². The molecule has 4 aromatic rings. The summed E-state index contributed by atoms with van der Waals surface area (Å²) >= 11 is 1.23. The zero-order chi connectivity index (χ0) is 21.1. The number of anilines is 1. The van der Waals surface area contributed by atoms with Crippen LogP contribution in [0.5, 0.6) is 5.75 Å². The first-order valence-corrected chi connectivity index (χ1v) is 11.4. The van der Waals surface area contributed by atoms with Gasteiger partial charge in [-0.3, -0.25) is 9.29 Å². The molecule has 154 valence electrons. The van der Waals surface area contributed by atoms with Gasteiger partial charge in [-0.1, -0.05) is 5.16 Å². The third kappa shape index (κ3) is 3.79. The summed E-state index contributed by atoms with van der Waals surface area (Å²) in [5.41, 5.74) is 1.24. The largest absolute Gasteiger partial charge is 0.494 e. The van der Waals surface area contributed by atoms with Crippen LogP contribution in [0.15, 0.2) is 69.7 Å². The molecule has 0 unspecified atom stereocenters. The van der Waals surface area contributed by atoms with E-state index in [1.54, 1.807) is 54.2 Å². The van der Waals surface area contributed by atoms with Crippen molar-refractivity contribution in [1.29, 1.82) is 0 Å². The number of pyridine rings is 1. The zero-order valence-corrected chi connectivity index (χ0v) is 17.9. The molecule has 0 aliphatic heterocycles. The number of benzene rings is 1. The van der Waals surface area contributed by atoms with E-state index in [1.807, 2.05) is 6.92 Å². The molecule has 3 aromatic heterocycles. The lowest BCUT2D eigenvalue weighted by Crippen LogP contribution is -2.26. The summed E-state index contributed by atoms with van der Waals surface area (Å²) in [7, 11) is -2.34. The molecule has 0 aliphatic carbocycles. The third-order valence-corrected chi connectivity index (χ3v) is 7.20. The summed E-state index contributed by atoms with van der Waals surface area (Å²) in [5.74, 6) is 1.19. The summed E-state index contributed by atoms with van der Waals surface area (Å²) in [4.78, 5) is 8.82. The molecule has 0 radical (unpaired) electrons. The highest BCUT2D eigenvalue weighted by molar-refractivity contribution is 7.93. The maximum absolute atomic E-state index is 13.3. The Morgan fingerprint density at radius 1 is 1.10 bits per heavy atom. The van der Waals surface area contributed by atoms with Crippen LogP contribution in [-0.2, 0) is 10.0 Å². The average molecular weight is 443 g/mol. The van der Waals surface area contributed by atoms with Crippen LogP contribution in [0.4, 0.5) is 5.69 Å². The number of hydrogen-bond donors (Lipinski definition) is 0. The fourth-order valence-corrected chi connectivity index (χ4v) is 5.31. The number of ether oxygens (including phenoxy) is 1. The lowest BCUT2D eigenvalue weighted by molar-refractivity contribution is 0.340. The predicted octanol–water partition coefficient (Wildman–Crippen LogP) is 4.08. The molecule has 4 rings (SSSR count). The normalized spacial score (nSPS) is 11.4. The second-order valence-electron chi connectivity index (χ2n) is 6.17. The maximum Gasteiger partial charge on any atom is 0.269 e. The molecule has 10 heteroatoms. The average Bonchev–Trinajstić information content (AvgIpc) is 3.44. The number of sulfonamides is 1. The summed E-state index contributed by atoms with van der Waals surface area (Å²) in [6.45, 7) is 2.43. The molecule has 0 bridgehead atoms. The minimum atomic E-state index is -3.84. The summed E-state index contributed by atoms with van der Waals surface area (Å²) in [6.07, 6.45) is 3.25. The Morgan fingerprint density at radius 3 is 2.53 bits per heavy atom. The molecule has 0 saturated carbocycles. The van der Waals surface area contributed by atoms with Crippen LogP contribution in [0, 0.1) is 0 Å². The molecule has 1 aromatic carbocycles. The van der Waals surface area contributed by atoms with Gasteiger partial charge in [-0.05, 0) is 54.8 Å². The maximum atomic E-state index is 13.3. The smallest absolute Gasteiger partial charge is 0.269 e. The van der Waals surface area contributed by atoms with Crippen LogP contribution in [0.1, 0.15) is 6.92 Å². The minimum absolute atomic E-state index is 0.105. The van der Waals surface area contributed by atoms with Crippen molar-refractivity contribution in [2.24, 2.45) is 0 Å². The number of thiophene rings is 1. The fourth-order valence-electron chi connectivity index (χ4n) is 2.80. The number of nitrogens with zero attached hydrogens (tertiary/aromatic N) is 4. The standard InChI is InChI=1S/C20H18N4O4S2/c1-3-27-16-6-4-15(5-7-16)24(2)30(25,26)17-10-13-29-18(17)20-22-19(23-28-20)14-8-11-21-12-9-14/h4-13H,3H2,1-2H3. The van der Waals surface area contributed by atoms with E-state index in [1.165, 1.54) is 28.8 Å². The first-order chi connectivity index (χ1) is 14.5. The lowest BCUT2D eigenvalue weighted by atomic mass is 10.2. The molecule has 0 fully saturated rings. The van der Waals surface area contributed by atoms with Crippen molar-refractivity contribution in [3.8, 4) is 27.9 Å². The highest BCUT2D eigenvalue weighted by Gasteiger charge is 2.28. The molecule has 0 spiro atoms. The van der Waals surface area contributed by atoms with Gasteiger partial charge in [0.15, 0.2) is 0 Å². The number of aromatic nitrogens is 3. The molecule has 0 saturated heterocycles. The van der Waals surface area contributed by atoms with Gasteiger partial charge in [-0.25, -0.2) is 8.42 Å². The Labute approximate surface area is 177 Å². The first kappa shape index (κ1) is 20.0. The van der Waals surface area contributed by atoms with Crippen LogP contribution >= 0.6 is 11.3 Å². The van der Waals surface area contributed by atoms with Crippen molar-refractivity contribution >= 4 is 27.0 Å². The minimum Gasteiger partial charge on any atom is -0.494 e. The molecular formula is C20H18N4O4S2. The monoisotopic (exact) mass is 442 g/mol. The van der Waals surface area contributed by atoms with Crippen molar-refractivity contribution in [2.75, 3.05) is 18.0 Å². The molecule has 0 amide bonds. The van der Waals surface area contributed by atoms with Gasteiger partial charge >= 0.3 is 0 Å². The predicted molar refractivity (Wildman–Crippen MR) is 114 cm³/mol. The van der Waals surface area contributed by atoms with E-state index < -0.39 is 10.0 Å². The molecule has 0 aliphatic rings. The Bertz CT molecular complexity index is 1240. The van der Waals surface area contributed by atoms with Crippen molar-refractivity contribution in [3.05, 3.63) is 60.2 Å². The van der Waals surface area contributed by atoms with Crippen LogP contribution in [0.2, 0.25) is 0 Å². The second kappa shape index (κ2) is 8.25. The van der Waals surface area contributed by atoms with Crippen LogP contribution < -0.4 is 9.04 Å². The van der Waals surface area contributed by atoms with E-state index in [-0.39, 0.29) is 10.8 Å². The molecule has 8 nitrogen and oxygen atoms in total. The Kier molecular flexibility index (Phi) is 5.51. The van der Waals surface area contributed by atoms with Crippen molar-refractivity contribution < 1.29 is 17.7 Å². The van der Waals surface area contributed by atoms with Gasteiger partial charge in [0, 0.05) is 25.0 Å². The Balaban J connectivity index is 1.65. The molecule has 0 N–H and O–H groups in total. The highest BCUT2D eigenvalue weighted by Crippen LogP contribution is 2.35. The van der Waals surface area contributed by atoms with E-state index >= 15 is 0 Å². The Hall–Kier alpha value is -3.24. The van der Waals surface area contributed by atoms with Gasteiger partial charge in [-0.15, -0.1) is 11.3 Å². The van der Waals surface area contributed by atoms with E-state index in [2.05, 4.69) is 15.1 Å². The number of hydrogen-bond acceptors (Lipinski definition) is 8. The summed E-state index contributed by atoms with van der Waals surface area (Å²) in [6, 6.07) is 11.9. The van der Waals surface area contributed by atoms with Crippen molar-refractivity contribution in [1.82, 2.24) is 15.1 Å². The molecular weight excluding hydrogens is 424 g/mol. The molecule has 30 heavy (non-hydrogen) atoms. The van der Waals surface area contributed by atoms with Crippen molar-refractivity contribution in [3.63, 3.8) is 0 Å². The second-order valence-corrected chi connectivity index (χ2v) is 9.03. The van der Waals surface area contributed by atoms with Gasteiger partial charge in [0.2, 0.25) is 5.82 Å². The van der Waals surface area contributed by atoms with E-state index in [9.17, 15) is 8.42 Å². The Morgan fingerprint density at radius 2 is 1.83 bits per heavy atom. The van der Waals surface area contributed by atoms with Gasteiger partial charge in [-0.2, -0.15) is 4.98 Å². The topological polar surface area (TPSA) is 98.4 Å². The molecule has 3 heterocycles. The van der Waals surface area contributed by atoms with Gasteiger partial charge in [0.05, 0.1) is 12.3 Å². The van der Waals surface area contributed by atoms with E-state index in [4.69, 9.17) is 9.26 Å². The highest BCUT2D eigenvalue weighted by atomic mass is 32.2. The van der Waals surface area contributed by atoms with E-state index in [0.29, 0.717) is 28.7 Å². The van der Waals surface area contributed by atoms with Gasteiger partial charge < -0.3 is 9.26 Å². The SMILES string of the molecule is CCOc1ccc(N(C)S(=O)(=O)c2ccsc2-c2nc(-c3ccncc3)no2)cc1. The van der Waals surface area contributed by atoms with E-state index in [0.717, 1.165) is 5.56 Å². The quantitative estimate of drug-likeness (QED) is 0.425. The van der Waals surface area contributed by atoms with Crippen molar-refractivity contribution in [2.45, 2.75) is 11.8 Å². The van der Waals surface area contributed by atoms with Gasteiger partial charge in [0.25, 0.3) is 15.9 Å². The third-order valence-electron chi connectivity index (χ3n) is 4.34. The zero-order valence-electron chi connectivity index (χ0n) is 16.2. The summed E-state index contributed by atoms with van der Waals surface area (Å²) < 4.78 is 38.5. The first-order valence-electron chi connectivity index (χ1n) is 9.04.